The van der Waals surface area contributed by atoms with Gasteiger partial charge in [-0.25, -0.2) is 18.0 Å². The number of carbonyl (C=O) groups is 5. The molecule has 0 spiro atoms. The first kappa shape index (κ1) is 34.1. The average Bonchev–Trinajstić information content (AvgIpc) is 3.77. The van der Waals surface area contributed by atoms with Crippen molar-refractivity contribution in [2.24, 2.45) is 11.3 Å². The molecule has 1 aliphatic heterocycles. The fourth-order valence-electron chi connectivity index (χ4n) is 4.88. The molecule has 0 aromatic heterocycles. The minimum Gasteiger partial charge on any atom is -0.444 e. The van der Waals surface area contributed by atoms with Crippen molar-refractivity contribution in [3.63, 3.8) is 0 Å². The maximum Gasteiger partial charge on any atom is 0.409 e. The van der Waals surface area contributed by atoms with E-state index in [1.54, 1.807) is 41.5 Å². The Balaban J connectivity index is 1.88. The lowest BCUT2D eigenvalue weighted by molar-refractivity contribution is -0.143. The summed E-state index contributed by atoms with van der Waals surface area (Å²) in [5.74, 6) is -2.75. The Bertz CT molecular complexity index is 1270. The van der Waals surface area contributed by atoms with Crippen LogP contribution in [-0.4, -0.2) is 103 Å². The summed E-state index contributed by atoms with van der Waals surface area (Å²) in [5, 5.41) is 4.65. The van der Waals surface area contributed by atoms with E-state index < -0.39 is 85.8 Å². The first-order valence-electron chi connectivity index (χ1n) is 14.3. The molecule has 15 heteroatoms. The number of carbonyl (C=O) groups excluding carboxylic acids is 5. The molecule has 5 unspecified atom stereocenters. The van der Waals surface area contributed by atoms with Crippen LogP contribution in [0.25, 0.3) is 0 Å². The van der Waals surface area contributed by atoms with E-state index in [0.717, 1.165) is 0 Å². The fraction of sp³-hybridized carbons (Fsp3) is 0.750. The van der Waals surface area contributed by atoms with Crippen molar-refractivity contribution in [3.05, 3.63) is 12.7 Å². The Morgan fingerprint density at radius 2 is 1.67 bits per heavy atom. The fourth-order valence-corrected chi connectivity index (χ4v) is 6.25. The van der Waals surface area contributed by atoms with Gasteiger partial charge in [0, 0.05) is 26.4 Å². The predicted molar refractivity (Wildman–Crippen MR) is 156 cm³/mol. The van der Waals surface area contributed by atoms with Gasteiger partial charge in [-0.3, -0.25) is 19.1 Å². The molecule has 1 heterocycles. The molecule has 5 amide bonds. The van der Waals surface area contributed by atoms with Gasteiger partial charge in [0.1, 0.15) is 29.3 Å². The van der Waals surface area contributed by atoms with Crippen LogP contribution in [0.2, 0.25) is 0 Å². The monoisotopic (exact) mass is 627 g/mol. The summed E-state index contributed by atoms with van der Waals surface area (Å²) >= 11 is 0. The second-order valence-corrected chi connectivity index (χ2v) is 15.7. The van der Waals surface area contributed by atoms with Crippen LogP contribution < -0.4 is 15.4 Å². The number of nitrogens with one attached hydrogen (secondary N) is 3. The van der Waals surface area contributed by atoms with Crippen molar-refractivity contribution in [2.45, 2.75) is 102 Å². The van der Waals surface area contributed by atoms with E-state index >= 15 is 0 Å². The Labute approximate surface area is 253 Å². The number of amides is 5. The van der Waals surface area contributed by atoms with Crippen molar-refractivity contribution in [1.82, 2.24) is 25.2 Å². The lowest BCUT2D eigenvalue weighted by Crippen LogP contribution is -2.60. The molecule has 5 atom stereocenters. The maximum atomic E-state index is 14.0. The molecular formula is C28H45N5O9S. The van der Waals surface area contributed by atoms with E-state index in [-0.39, 0.29) is 19.4 Å². The molecule has 2 saturated carbocycles. The molecule has 3 rings (SSSR count). The zero-order chi connectivity index (χ0) is 32.7. The summed E-state index contributed by atoms with van der Waals surface area (Å²) in [6.07, 6.45) is 0.0328. The Kier molecular flexibility index (Phi) is 9.50. The standard InChI is InChI=1S/C28H45N5O9S/c1-10-16-14-28(16,23(36)31-43(39,40)18-11-12-18)30-21(34)19-13-17(41-25(38)32(8)9)15-33(19)22(35)20(26(2,3)4)29-24(37)42-27(5,6)7/h10,16-20H,1,11-15H2,2-9H3,(H,29,37)(H,30,34)(H,31,36). The smallest absolute Gasteiger partial charge is 0.409 e. The van der Waals surface area contributed by atoms with Crippen LogP contribution >= 0.6 is 0 Å². The number of hydrogen-bond acceptors (Lipinski definition) is 9. The number of likely N-dealkylation sites (tertiary alicyclic amines) is 1. The van der Waals surface area contributed by atoms with Gasteiger partial charge < -0.3 is 29.9 Å². The van der Waals surface area contributed by atoms with Crippen molar-refractivity contribution >= 4 is 39.9 Å². The zero-order valence-electron chi connectivity index (χ0n) is 26.2. The summed E-state index contributed by atoms with van der Waals surface area (Å²) in [7, 11) is -0.904. The molecule has 43 heavy (non-hydrogen) atoms. The van der Waals surface area contributed by atoms with E-state index in [9.17, 15) is 32.4 Å². The second-order valence-electron chi connectivity index (χ2n) is 13.8. The van der Waals surface area contributed by atoms with Gasteiger partial charge in [0.05, 0.1) is 11.8 Å². The third kappa shape index (κ3) is 8.18. The highest BCUT2D eigenvalue weighted by Crippen LogP contribution is 2.45. The lowest BCUT2D eigenvalue weighted by Gasteiger charge is -2.36. The third-order valence-electron chi connectivity index (χ3n) is 7.50. The van der Waals surface area contributed by atoms with E-state index in [1.165, 1.54) is 30.0 Å². The molecule has 1 saturated heterocycles. The Hall–Kier alpha value is -3.36. The number of ether oxygens (including phenoxy) is 2. The van der Waals surface area contributed by atoms with Gasteiger partial charge in [-0.1, -0.05) is 26.8 Å². The minimum atomic E-state index is -3.89. The van der Waals surface area contributed by atoms with Gasteiger partial charge in [0.15, 0.2) is 0 Å². The molecule has 0 radical (unpaired) electrons. The van der Waals surface area contributed by atoms with Crippen molar-refractivity contribution < 1.29 is 41.9 Å². The van der Waals surface area contributed by atoms with Gasteiger partial charge in [-0.15, -0.1) is 6.58 Å². The highest BCUT2D eigenvalue weighted by molar-refractivity contribution is 7.91. The first-order valence-corrected chi connectivity index (χ1v) is 15.8. The van der Waals surface area contributed by atoms with Gasteiger partial charge in [0.25, 0.3) is 5.91 Å². The van der Waals surface area contributed by atoms with Crippen LogP contribution in [0.3, 0.4) is 0 Å². The third-order valence-corrected chi connectivity index (χ3v) is 9.32. The van der Waals surface area contributed by atoms with Crippen LogP contribution in [0.5, 0.6) is 0 Å². The molecule has 3 N–H and O–H groups in total. The van der Waals surface area contributed by atoms with Crippen molar-refractivity contribution in [3.8, 4) is 0 Å². The quantitative estimate of drug-likeness (QED) is 0.317. The van der Waals surface area contributed by atoms with Crippen LogP contribution in [0.15, 0.2) is 12.7 Å². The van der Waals surface area contributed by atoms with Crippen LogP contribution in [0.1, 0.15) is 67.2 Å². The molecule has 3 fully saturated rings. The van der Waals surface area contributed by atoms with Crippen LogP contribution in [-0.2, 0) is 33.9 Å². The largest absolute Gasteiger partial charge is 0.444 e. The van der Waals surface area contributed by atoms with Crippen molar-refractivity contribution in [2.75, 3.05) is 20.6 Å². The molecule has 14 nitrogen and oxygen atoms in total. The van der Waals surface area contributed by atoms with Gasteiger partial charge in [0.2, 0.25) is 21.8 Å². The molecular weight excluding hydrogens is 582 g/mol. The van der Waals surface area contributed by atoms with Gasteiger partial charge in [-0.2, -0.15) is 0 Å². The summed E-state index contributed by atoms with van der Waals surface area (Å²) in [6.45, 7) is 13.8. The number of hydrogen-bond donors (Lipinski definition) is 3. The second kappa shape index (κ2) is 12.0. The van der Waals surface area contributed by atoms with Crippen LogP contribution in [0, 0.1) is 11.3 Å². The normalized spacial score (nSPS) is 26.0. The SMILES string of the molecule is C=CC1CC1(NC(=O)C1CC(OC(=O)N(C)C)CN1C(=O)C(NC(=O)OC(C)(C)C)C(C)(C)C)C(=O)NS(=O)(=O)C1CC1. The van der Waals surface area contributed by atoms with Crippen molar-refractivity contribution in [1.29, 1.82) is 0 Å². The molecule has 3 aliphatic rings. The van der Waals surface area contributed by atoms with E-state index in [2.05, 4.69) is 21.9 Å². The van der Waals surface area contributed by atoms with E-state index in [1.807, 2.05) is 0 Å². The Morgan fingerprint density at radius 1 is 1.07 bits per heavy atom. The zero-order valence-corrected chi connectivity index (χ0v) is 27.0. The highest BCUT2D eigenvalue weighted by atomic mass is 32.2. The van der Waals surface area contributed by atoms with Gasteiger partial charge >= 0.3 is 12.2 Å². The number of rotatable bonds is 9. The average molecular weight is 628 g/mol. The predicted octanol–water partition coefficient (Wildman–Crippen LogP) is 1.26. The molecule has 0 bridgehead atoms. The summed E-state index contributed by atoms with van der Waals surface area (Å²) < 4.78 is 37.9. The summed E-state index contributed by atoms with van der Waals surface area (Å²) in [5.41, 5.74) is -3.22. The molecule has 0 aromatic carbocycles. The number of sulfonamides is 1. The number of nitrogens with zero attached hydrogens (tertiary/aromatic N) is 2. The highest BCUT2D eigenvalue weighted by Gasteiger charge is 2.62. The molecule has 242 valence electrons. The van der Waals surface area contributed by atoms with E-state index in [4.69, 9.17) is 9.47 Å². The Morgan fingerprint density at radius 3 is 2.14 bits per heavy atom. The molecule has 2 aliphatic carbocycles. The van der Waals surface area contributed by atoms with Crippen LogP contribution in [0.4, 0.5) is 9.59 Å². The number of alkyl carbamates (subject to hydrolysis) is 1. The topological polar surface area (TPSA) is 181 Å². The molecule has 0 aromatic rings. The van der Waals surface area contributed by atoms with Gasteiger partial charge in [-0.05, 0) is 45.4 Å². The minimum absolute atomic E-state index is 0.0860. The summed E-state index contributed by atoms with van der Waals surface area (Å²) in [4.78, 5) is 68.5. The lowest BCUT2D eigenvalue weighted by atomic mass is 9.85. The summed E-state index contributed by atoms with van der Waals surface area (Å²) in [6, 6.07) is -2.34. The maximum absolute atomic E-state index is 14.0. The first-order chi connectivity index (χ1) is 19.6. The van der Waals surface area contributed by atoms with E-state index in [0.29, 0.717) is 12.8 Å².